The van der Waals surface area contributed by atoms with Gasteiger partial charge in [-0.05, 0) is 125 Å². The molecule has 14 heteroatoms. The number of amides is 2. The predicted octanol–water partition coefficient (Wildman–Crippen LogP) is 8.89. The first kappa shape index (κ1) is 40.7. The summed E-state index contributed by atoms with van der Waals surface area (Å²) in [4.78, 5) is 43.1. The number of rotatable bonds is 7. The van der Waals surface area contributed by atoms with Gasteiger partial charge >= 0.3 is 6.18 Å². The van der Waals surface area contributed by atoms with Crippen LogP contribution in [0.2, 0.25) is 0 Å². The van der Waals surface area contributed by atoms with E-state index in [0.29, 0.717) is 24.6 Å². The lowest BCUT2D eigenvalue weighted by Crippen LogP contribution is -2.55. The molecule has 0 unspecified atom stereocenters. The molecule has 59 heavy (non-hydrogen) atoms. The molecule has 4 fully saturated rings. The number of nitrogens with zero attached hydrogens (tertiary/aromatic N) is 6. The second-order valence-corrected chi connectivity index (χ2v) is 17.1. The SMILES string of the molecule is [C-]#[N+]c1ccc(N2C(=O)C3(CCC3)N(c3ccc(C#CC4CCN(C5CCN(C(=O)C[C@H](N)c6ccc(-c7scnc7C)cc6)CC5)CC4)cc3)C2=S)cc1C(F)(F)F. The van der Waals surface area contributed by atoms with E-state index in [1.54, 1.807) is 16.2 Å². The zero-order valence-electron chi connectivity index (χ0n) is 32.7. The molecule has 9 nitrogen and oxygen atoms in total. The van der Waals surface area contributed by atoms with Gasteiger partial charge in [0.1, 0.15) is 5.54 Å². The number of piperidine rings is 2. The Morgan fingerprint density at radius 2 is 1.69 bits per heavy atom. The number of carbonyl (C=O) groups excluding carboxylic acids is 2. The number of aromatic nitrogens is 1. The second kappa shape index (κ2) is 16.5. The molecule has 1 aliphatic carbocycles. The number of hydrogen-bond donors (Lipinski definition) is 1. The monoisotopic (exact) mass is 835 g/mol. The van der Waals surface area contributed by atoms with Crippen LogP contribution in [0.4, 0.5) is 30.2 Å². The van der Waals surface area contributed by atoms with E-state index in [4.69, 9.17) is 24.5 Å². The molecule has 0 bridgehead atoms. The Bertz CT molecular complexity index is 2340. The number of anilines is 2. The first-order valence-corrected chi connectivity index (χ1v) is 21.3. The molecule has 1 atom stereocenters. The summed E-state index contributed by atoms with van der Waals surface area (Å²) >= 11 is 7.39. The van der Waals surface area contributed by atoms with Crippen molar-refractivity contribution in [1.29, 1.82) is 0 Å². The van der Waals surface area contributed by atoms with Crippen molar-refractivity contribution in [3.63, 3.8) is 0 Å². The van der Waals surface area contributed by atoms with Crippen LogP contribution in [0, 0.1) is 31.3 Å². The van der Waals surface area contributed by atoms with Gasteiger partial charge in [0.2, 0.25) is 5.91 Å². The van der Waals surface area contributed by atoms with Gasteiger partial charge in [-0.2, -0.15) is 13.2 Å². The van der Waals surface area contributed by atoms with Gasteiger partial charge in [0, 0.05) is 54.5 Å². The molecular formula is C45H44F3N7O2S2. The van der Waals surface area contributed by atoms with Gasteiger partial charge < -0.3 is 20.4 Å². The molecule has 1 saturated carbocycles. The number of hydrogen-bond acceptors (Lipinski definition) is 7. The molecule has 304 valence electrons. The van der Waals surface area contributed by atoms with Crippen molar-refractivity contribution in [2.24, 2.45) is 11.7 Å². The summed E-state index contributed by atoms with van der Waals surface area (Å²) in [5.41, 5.74) is 10.4. The Labute approximate surface area is 351 Å². The minimum atomic E-state index is -4.75. The van der Waals surface area contributed by atoms with Gasteiger partial charge in [-0.3, -0.25) is 14.5 Å². The van der Waals surface area contributed by atoms with Crippen LogP contribution in [0.15, 0.2) is 72.2 Å². The average Bonchev–Trinajstić information content (AvgIpc) is 3.77. The number of benzene rings is 3. The van der Waals surface area contributed by atoms with E-state index in [9.17, 15) is 22.8 Å². The highest BCUT2D eigenvalue weighted by atomic mass is 32.1. The summed E-state index contributed by atoms with van der Waals surface area (Å²) in [6.07, 6.45) is 1.23. The van der Waals surface area contributed by atoms with Gasteiger partial charge in [-0.1, -0.05) is 42.2 Å². The van der Waals surface area contributed by atoms with Crippen LogP contribution in [0.3, 0.4) is 0 Å². The molecule has 4 aromatic rings. The van der Waals surface area contributed by atoms with Crippen molar-refractivity contribution in [2.75, 3.05) is 36.0 Å². The van der Waals surface area contributed by atoms with Gasteiger partial charge in [0.15, 0.2) is 10.8 Å². The third-order valence-electron chi connectivity index (χ3n) is 12.4. The molecule has 2 N–H and O–H groups in total. The fraction of sp³-hybridized carbons (Fsp3) is 0.400. The lowest BCUT2D eigenvalue weighted by molar-refractivity contribution is -0.137. The van der Waals surface area contributed by atoms with Crippen LogP contribution in [-0.4, -0.2) is 69.5 Å². The molecule has 3 aliphatic heterocycles. The van der Waals surface area contributed by atoms with E-state index in [-0.39, 0.29) is 41.0 Å². The van der Waals surface area contributed by atoms with Crippen LogP contribution in [0.1, 0.15) is 79.8 Å². The van der Waals surface area contributed by atoms with Gasteiger partial charge in [-0.15, -0.1) is 11.3 Å². The Kier molecular flexibility index (Phi) is 11.4. The number of nitrogens with two attached hydrogens (primary N) is 1. The third-order valence-corrected chi connectivity index (χ3v) is 13.7. The normalized spacial score (nSPS) is 19.4. The Morgan fingerprint density at radius 3 is 2.29 bits per heavy atom. The summed E-state index contributed by atoms with van der Waals surface area (Å²) in [5.74, 6) is 6.82. The Morgan fingerprint density at radius 1 is 1.02 bits per heavy atom. The van der Waals surface area contributed by atoms with Crippen LogP contribution in [0.5, 0.6) is 0 Å². The number of thiazole rings is 1. The Hall–Kier alpha value is -5.12. The maximum Gasteiger partial charge on any atom is 0.407 e. The molecule has 3 saturated heterocycles. The van der Waals surface area contributed by atoms with Crippen LogP contribution >= 0.6 is 23.6 Å². The van der Waals surface area contributed by atoms with E-state index in [0.717, 1.165) is 97.7 Å². The van der Waals surface area contributed by atoms with Crippen molar-refractivity contribution in [3.05, 3.63) is 106 Å². The summed E-state index contributed by atoms with van der Waals surface area (Å²) in [6, 6.07) is 19.0. The molecule has 4 heterocycles. The maximum atomic E-state index is 13.9. The quantitative estimate of drug-likeness (QED) is 0.113. The van der Waals surface area contributed by atoms with E-state index < -0.39 is 23.0 Å². The number of alkyl halides is 3. The smallest absolute Gasteiger partial charge is 0.343 e. The number of aryl methyl sites for hydroxylation is 1. The molecule has 8 rings (SSSR count). The van der Waals surface area contributed by atoms with E-state index >= 15 is 0 Å². The van der Waals surface area contributed by atoms with E-state index in [1.807, 2.05) is 53.7 Å². The minimum absolute atomic E-state index is 0.0000916. The largest absolute Gasteiger partial charge is 0.407 e. The fourth-order valence-corrected chi connectivity index (χ4v) is 10.1. The highest BCUT2D eigenvalue weighted by Gasteiger charge is 2.59. The number of thiocarbonyl (C=S) groups is 1. The zero-order chi connectivity index (χ0) is 41.5. The van der Waals surface area contributed by atoms with Gasteiger partial charge in [0.05, 0.1) is 28.2 Å². The Balaban J connectivity index is 0.825. The minimum Gasteiger partial charge on any atom is -0.343 e. The third kappa shape index (κ3) is 7.99. The van der Waals surface area contributed by atoms with E-state index in [2.05, 4.69) is 38.7 Å². The molecule has 3 aromatic carbocycles. The van der Waals surface area contributed by atoms with Crippen LogP contribution in [0.25, 0.3) is 15.3 Å². The van der Waals surface area contributed by atoms with Gasteiger partial charge in [-0.25, -0.2) is 9.83 Å². The molecule has 0 radical (unpaired) electrons. The fourth-order valence-electron chi connectivity index (χ4n) is 8.86. The summed E-state index contributed by atoms with van der Waals surface area (Å²) in [5, 5.41) is 0.116. The van der Waals surface area contributed by atoms with Crippen molar-refractivity contribution in [3.8, 4) is 22.3 Å². The highest BCUT2D eigenvalue weighted by Crippen LogP contribution is 2.49. The van der Waals surface area contributed by atoms with Crippen LogP contribution < -0.4 is 15.5 Å². The molecular weight excluding hydrogens is 792 g/mol. The standard InChI is InChI=1S/C45H44F3N7O2S2/c1-29-41(59-28-51-29)33-10-8-32(9-11-33)38(49)27-40(56)53-24-18-34(19-25-53)52-22-16-31(17-23-52)5-4-30-6-12-35(13-7-30)55-43(58)54(42(57)44(55)20-3-21-44)36-14-15-39(50-2)37(26-36)45(46,47)48/h6-15,26,28,31,34,38H,3,16-25,27,49H2,1H3/t38-/m0/s1. The van der Waals surface area contributed by atoms with Gasteiger partial charge in [0.25, 0.3) is 5.91 Å². The van der Waals surface area contributed by atoms with Crippen LogP contribution in [-0.2, 0) is 15.8 Å². The lowest BCUT2D eigenvalue weighted by atomic mass is 9.75. The maximum absolute atomic E-state index is 13.9. The van der Waals surface area contributed by atoms with Crippen molar-refractivity contribution < 1.29 is 22.8 Å². The zero-order valence-corrected chi connectivity index (χ0v) is 34.3. The molecule has 4 aliphatic rings. The number of carbonyl (C=O) groups is 2. The first-order valence-electron chi connectivity index (χ1n) is 20.0. The predicted molar refractivity (Wildman–Crippen MR) is 228 cm³/mol. The van der Waals surface area contributed by atoms with Crippen molar-refractivity contribution in [2.45, 2.75) is 82.1 Å². The molecule has 2 amide bonds. The number of halogens is 3. The van der Waals surface area contributed by atoms with Crippen molar-refractivity contribution >= 4 is 57.5 Å². The van der Waals surface area contributed by atoms with Crippen molar-refractivity contribution in [1.82, 2.24) is 14.8 Å². The summed E-state index contributed by atoms with van der Waals surface area (Å²) in [7, 11) is 0. The molecule has 1 spiro atoms. The molecule has 1 aromatic heterocycles. The van der Waals surface area contributed by atoms with E-state index in [1.165, 1.54) is 11.0 Å². The topological polar surface area (TPSA) is 90.4 Å². The number of likely N-dealkylation sites (tertiary alicyclic amines) is 2. The highest BCUT2D eigenvalue weighted by molar-refractivity contribution is 7.81. The lowest BCUT2D eigenvalue weighted by Gasteiger charge is -2.43. The second-order valence-electron chi connectivity index (χ2n) is 15.9. The summed E-state index contributed by atoms with van der Waals surface area (Å²) in [6.45, 7) is 12.6. The summed E-state index contributed by atoms with van der Waals surface area (Å²) < 4.78 is 41.4. The average molecular weight is 836 g/mol. The first-order chi connectivity index (χ1) is 28.4.